The molecule has 0 bridgehead atoms. The lowest BCUT2D eigenvalue weighted by Gasteiger charge is -2.30. The SMILES string of the molecule is COc1cc(OC)c(C2CCN(C)CC2)cc1C(=O)/C=C/c1ccccn1. The second-order valence-corrected chi connectivity index (χ2v) is 6.82. The van der Waals surface area contributed by atoms with Crippen LogP contribution in [0.2, 0.25) is 0 Å². The molecule has 27 heavy (non-hydrogen) atoms. The number of ether oxygens (including phenoxy) is 2. The van der Waals surface area contributed by atoms with Crippen LogP contribution in [0.4, 0.5) is 0 Å². The molecule has 1 aromatic heterocycles. The van der Waals surface area contributed by atoms with Gasteiger partial charge in [0.2, 0.25) is 0 Å². The van der Waals surface area contributed by atoms with E-state index in [0.29, 0.717) is 17.2 Å². The Kier molecular flexibility index (Phi) is 6.24. The molecule has 2 heterocycles. The number of carbonyl (C=O) groups is 1. The zero-order valence-corrected chi connectivity index (χ0v) is 16.1. The molecule has 3 rings (SSSR count). The normalized spacial score (nSPS) is 15.8. The number of likely N-dealkylation sites (tertiary alicyclic amines) is 1. The molecule has 0 radical (unpaired) electrons. The second-order valence-electron chi connectivity index (χ2n) is 6.82. The average molecular weight is 366 g/mol. The van der Waals surface area contributed by atoms with E-state index < -0.39 is 0 Å². The summed E-state index contributed by atoms with van der Waals surface area (Å²) in [5.74, 6) is 1.59. The van der Waals surface area contributed by atoms with Crippen LogP contribution in [-0.4, -0.2) is 50.0 Å². The maximum atomic E-state index is 12.8. The third-order valence-electron chi connectivity index (χ3n) is 5.07. The fraction of sp³-hybridized carbons (Fsp3) is 0.364. The summed E-state index contributed by atoms with van der Waals surface area (Å²) in [5, 5.41) is 0. The third kappa shape index (κ3) is 4.55. The molecule has 1 fully saturated rings. The van der Waals surface area contributed by atoms with Crippen molar-refractivity contribution in [2.24, 2.45) is 0 Å². The van der Waals surface area contributed by atoms with Gasteiger partial charge in [0.1, 0.15) is 11.5 Å². The van der Waals surface area contributed by atoms with Gasteiger partial charge in [-0.15, -0.1) is 0 Å². The van der Waals surface area contributed by atoms with Crippen LogP contribution in [0.15, 0.2) is 42.6 Å². The molecule has 0 amide bonds. The van der Waals surface area contributed by atoms with Gasteiger partial charge in [0.05, 0.1) is 25.5 Å². The molecule has 0 unspecified atom stereocenters. The van der Waals surface area contributed by atoms with Gasteiger partial charge in [0.15, 0.2) is 5.78 Å². The molecular weight excluding hydrogens is 340 g/mol. The van der Waals surface area contributed by atoms with Crippen molar-refractivity contribution in [3.63, 3.8) is 0 Å². The molecule has 2 aromatic rings. The van der Waals surface area contributed by atoms with E-state index in [1.807, 2.05) is 30.3 Å². The van der Waals surface area contributed by atoms with Crippen molar-refractivity contribution in [2.75, 3.05) is 34.4 Å². The highest BCUT2D eigenvalue weighted by atomic mass is 16.5. The largest absolute Gasteiger partial charge is 0.496 e. The summed E-state index contributed by atoms with van der Waals surface area (Å²) in [6, 6.07) is 9.37. The standard InChI is InChI=1S/C22H26N2O3/c1-24-12-9-16(10-13-24)18-14-19(22(27-3)15-21(18)26-2)20(25)8-7-17-6-4-5-11-23-17/h4-8,11,14-16H,9-10,12-13H2,1-3H3/b8-7+. The summed E-state index contributed by atoms with van der Waals surface area (Å²) < 4.78 is 11.1. The number of pyridine rings is 1. The molecule has 0 saturated carbocycles. The number of carbonyl (C=O) groups excluding carboxylic acids is 1. The quantitative estimate of drug-likeness (QED) is 0.575. The van der Waals surface area contributed by atoms with Gasteiger partial charge < -0.3 is 14.4 Å². The van der Waals surface area contributed by atoms with Crippen LogP contribution in [0.5, 0.6) is 11.5 Å². The van der Waals surface area contributed by atoms with Crippen molar-refractivity contribution >= 4 is 11.9 Å². The van der Waals surface area contributed by atoms with Crippen LogP contribution >= 0.6 is 0 Å². The molecule has 142 valence electrons. The van der Waals surface area contributed by atoms with E-state index in [4.69, 9.17) is 9.47 Å². The number of hydrogen-bond acceptors (Lipinski definition) is 5. The van der Waals surface area contributed by atoms with Crippen molar-refractivity contribution in [2.45, 2.75) is 18.8 Å². The summed E-state index contributed by atoms with van der Waals surface area (Å²) >= 11 is 0. The van der Waals surface area contributed by atoms with Gasteiger partial charge in [0, 0.05) is 12.3 Å². The van der Waals surface area contributed by atoms with Crippen molar-refractivity contribution in [1.82, 2.24) is 9.88 Å². The number of benzene rings is 1. The van der Waals surface area contributed by atoms with Crippen LogP contribution < -0.4 is 9.47 Å². The van der Waals surface area contributed by atoms with Gasteiger partial charge in [-0.2, -0.15) is 0 Å². The number of piperidine rings is 1. The van der Waals surface area contributed by atoms with Gasteiger partial charge >= 0.3 is 0 Å². The number of ketones is 1. The Morgan fingerprint density at radius 3 is 2.52 bits per heavy atom. The molecule has 1 aromatic carbocycles. The minimum absolute atomic E-state index is 0.102. The zero-order valence-electron chi connectivity index (χ0n) is 16.1. The van der Waals surface area contributed by atoms with Gasteiger partial charge in [-0.25, -0.2) is 0 Å². The van der Waals surface area contributed by atoms with Gasteiger partial charge in [-0.3, -0.25) is 9.78 Å². The molecule has 5 heteroatoms. The molecule has 0 aliphatic carbocycles. The topological polar surface area (TPSA) is 51.7 Å². The monoisotopic (exact) mass is 366 g/mol. The third-order valence-corrected chi connectivity index (χ3v) is 5.07. The Hall–Kier alpha value is -2.66. The summed E-state index contributed by atoms with van der Waals surface area (Å²) in [5.41, 5.74) is 2.38. The first-order valence-electron chi connectivity index (χ1n) is 9.20. The molecule has 0 spiro atoms. The summed E-state index contributed by atoms with van der Waals surface area (Å²) in [6.45, 7) is 2.09. The molecule has 1 aliphatic heterocycles. The van der Waals surface area contributed by atoms with Crippen molar-refractivity contribution in [3.8, 4) is 11.5 Å². The smallest absolute Gasteiger partial charge is 0.189 e. The highest BCUT2D eigenvalue weighted by Gasteiger charge is 2.24. The summed E-state index contributed by atoms with van der Waals surface area (Å²) in [7, 11) is 5.37. The fourth-order valence-electron chi connectivity index (χ4n) is 3.48. The predicted octanol–water partition coefficient (Wildman–Crippen LogP) is 3.80. The van der Waals surface area contributed by atoms with E-state index in [9.17, 15) is 4.79 Å². The summed E-state index contributed by atoms with van der Waals surface area (Å²) in [6.07, 6.45) is 7.08. The highest BCUT2D eigenvalue weighted by molar-refractivity contribution is 6.08. The molecule has 1 saturated heterocycles. The molecule has 5 nitrogen and oxygen atoms in total. The Morgan fingerprint density at radius 1 is 1.15 bits per heavy atom. The second kappa shape index (κ2) is 8.82. The van der Waals surface area contributed by atoms with Crippen LogP contribution in [0.25, 0.3) is 6.08 Å². The Morgan fingerprint density at radius 2 is 1.89 bits per heavy atom. The average Bonchev–Trinajstić information content (AvgIpc) is 2.72. The lowest BCUT2D eigenvalue weighted by atomic mass is 9.87. The first-order valence-corrected chi connectivity index (χ1v) is 9.20. The van der Waals surface area contributed by atoms with Crippen LogP contribution in [0, 0.1) is 0 Å². The van der Waals surface area contributed by atoms with Crippen molar-refractivity contribution in [3.05, 3.63) is 59.4 Å². The van der Waals surface area contributed by atoms with Gasteiger partial charge in [0.25, 0.3) is 0 Å². The van der Waals surface area contributed by atoms with E-state index >= 15 is 0 Å². The number of aromatic nitrogens is 1. The number of hydrogen-bond donors (Lipinski definition) is 0. The minimum atomic E-state index is -0.102. The zero-order chi connectivity index (χ0) is 19.2. The molecular formula is C22H26N2O3. The number of methoxy groups -OCH3 is 2. The Balaban J connectivity index is 1.92. The van der Waals surface area contributed by atoms with E-state index in [0.717, 1.165) is 42.9 Å². The highest BCUT2D eigenvalue weighted by Crippen LogP contribution is 2.38. The van der Waals surface area contributed by atoms with Crippen LogP contribution in [0.1, 0.15) is 40.4 Å². The maximum absolute atomic E-state index is 12.8. The number of allylic oxidation sites excluding steroid dienone is 1. The van der Waals surface area contributed by atoms with E-state index in [-0.39, 0.29) is 5.78 Å². The number of nitrogens with zero attached hydrogens (tertiary/aromatic N) is 2. The van der Waals surface area contributed by atoms with Crippen molar-refractivity contribution in [1.29, 1.82) is 0 Å². The van der Waals surface area contributed by atoms with Gasteiger partial charge in [-0.05, 0) is 74.8 Å². The predicted molar refractivity (Wildman–Crippen MR) is 107 cm³/mol. The first kappa shape index (κ1) is 19.1. The van der Waals surface area contributed by atoms with Crippen LogP contribution in [-0.2, 0) is 0 Å². The summed E-state index contributed by atoms with van der Waals surface area (Å²) in [4.78, 5) is 19.4. The maximum Gasteiger partial charge on any atom is 0.189 e. The van der Waals surface area contributed by atoms with E-state index in [1.54, 1.807) is 32.6 Å². The Labute approximate surface area is 160 Å². The Bertz CT molecular complexity index is 810. The molecule has 1 aliphatic rings. The van der Waals surface area contributed by atoms with E-state index in [1.165, 1.54) is 0 Å². The molecule has 0 N–H and O–H groups in total. The fourth-order valence-corrected chi connectivity index (χ4v) is 3.48. The molecule has 0 atom stereocenters. The number of rotatable bonds is 6. The lowest BCUT2D eigenvalue weighted by Crippen LogP contribution is -2.29. The van der Waals surface area contributed by atoms with Crippen LogP contribution in [0.3, 0.4) is 0 Å². The lowest BCUT2D eigenvalue weighted by molar-refractivity contribution is 0.104. The van der Waals surface area contributed by atoms with Gasteiger partial charge in [-0.1, -0.05) is 6.07 Å². The van der Waals surface area contributed by atoms with Crippen molar-refractivity contribution < 1.29 is 14.3 Å². The minimum Gasteiger partial charge on any atom is -0.496 e. The first-order chi connectivity index (χ1) is 13.1. The van der Waals surface area contributed by atoms with E-state index in [2.05, 4.69) is 16.9 Å².